The van der Waals surface area contributed by atoms with Crippen LogP contribution in [0, 0.1) is 0 Å². The number of rotatable bonds is 6. The molecule has 0 unspecified atom stereocenters. The lowest BCUT2D eigenvalue weighted by atomic mass is 9.91. The zero-order valence-corrected chi connectivity index (χ0v) is 14.9. The maximum Gasteiger partial charge on any atom is 0.0606 e. The Labute approximate surface area is 136 Å². The van der Waals surface area contributed by atoms with Crippen LogP contribution in [0.4, 0.5) is 5.69 Å². The molecule has 0 aliphatic heterocycles. The SMILES string of the molecule is CC(C)(C)NCc1ccc(N(CCO)C2CCC2)c(Br)c1. The maximum absolute atomic E-state index is 9.32. The van der Waals surface area contributed by atoms with Crippen molar-refractivity contribution in [1.82, 2.24) is 5.32 Å². The highest BCUT2D eigenvalue weighted by Crippen LogP contribution is 2.34. The lowest BCUT2D eigenvalue weighted by Gasteiger charge is -2.39. The van der Waals surface area contributed by atoms with E-state index in [1.54, 1.807) is 0 Å². The van der Waals surface area contributed by atoms with Crippen molar-refractivity contribution in [3.63, 3.8) is 0 Å². The first kappa shape index (κ1) is 16.8. The fourth-order valence-electron chi connectivity index (χ4n) is 2.57. The minimum atomic E-state index is 0.125. The molecule has 4 heteroatoms. The van der Waals surface area contributed by atoms with Gasteiger partial charge in [-0.3, -0.25) is 0 Å². The van der Waals surface area contributed by atoms with Crippen molar-refractivity contribution in [2.45, 2.75) is 58.2 Å². The van der Waals surface area contributed by atoms with Gasteiger partial charge in [0, 0.05) is 29.1 Å². The van der Waals surface area contributed by atoms with Gasteiger partial charge in [0.2, 0.25) is 0 Å². The largest absolute Gasteiger partial charge is 0.395 e. The van der Waals surface area contributed by atoms with E-state index in [4.69, 9.17) is 0 Å². The van der Waals surface area contributed by atoms with Gasteiger partial charge in [0.15, 0.2) is 0 Å². The summed E-state index contributed by atoms with van der Waals surface area (Å²) in [5.41, 5.74) is 2.60. The molecule has 0 saturated heterocycles. The van der Waals surface area contributed by atoms with E-state index in [9.17, 15) is 5.11 Å². The molecule has 1 fully saturated rings. The van der Waals surface area contributed by atoms with Crippen molar-refractivity contribution < 1.29 is 5.11 Å². The Morgan fingerprint density at radius 3 is 2.52 bits per heavy atom. The molecule has 0 spiro atoms. The van der Waals surface area contributed by atoms with Gasteiger partial charge in [-0.1, -0.05) is 6.07 Å². The van der Waals surface area contributed by atoms with Crippen molar-refractivity contribution in [3.8, 4) is 0 Å². The molecule has 0 heterocycles. The van der Waals surface area contributed by atoms with Gasteiger partial charge in [0.1, 0.15) is 0 Å². The first-order chi connectivity index (χ1) is 9.90. The summed E-state index contributed by atoms with van der Waals surface area (Å²) in [6, 6.07) is 7.14. The molecule has 0 radical (unpaired) electrons. The molecule has 21 heavy (non-hydrogen) atoms. The first-order valence-corrected chi connectivity index (χ1v) is 8.61. The molecule has 1 saturated carbocycles. The van der Waals surface area contributed by atoms with Gasteiger partial charge in [-0.05, 0) is 73.7 Å². The van der Waals surface area contributed by atoms with Crippen LogP contribution >= 0.6 is 15.9 Å². The van der Waals surface area contributed by atoms with Gasteiger partial charge >= 0.3 is 0 Å². The van der Waals surface area contributed by atoms with Gasteiger partial charge in [-0.15, -0.1) is 0 Å². The molecule has 0 amide bonds. The zero-order valence-electron chi connectivity index (χ0n) is 13.3. The van der Waals surface area contributed by atoms with Crippen molar-refractivity contribution in [1.29, 1.82) is 0 Å². The second kappa shape index (κ2) is 7.12. The molecular weight excluding hydrogens is 328 g/mol. The van der Waals surface area contributed by atoms with Gasteiger partial charge in [-0.25, -0.2) is 0 Å². The highest BCUT2D eigenvalue weighted by molar-refractivity contribution is 9.10. The van der Waals surface area contributed by atoms with Gasteiger partial charge in [0.05, 0.1) is 12.3 Å². The van der Waals surface area contributed by atoms with Gasteiger partial charge < -0.3 is 15.3 Å². The Bertz CT molecular complexity index is 466. The third kappa shape index (κ3) is 4.70. The molecule has 2 N–H and O–H groups in total. The van der Waals surface area contributed by atoms with E-state index in [0.29, 0.717) is 12.6 Å². The number of nitrogens with one attached hydrogen (secondary N) is 1. The smallest absolute Gasteiger partial charge is 0.0606 e. The van der Waals surface area contributed by atoms with Gasteiger partial charge in [-0.2, -0.15) is 0 Å². The Hall–Kier alpha value is -0.580. The van der Waals surface area contributed by atoms with Crippen LogP contribution in [0.25, 0.3) is 0 Å². The second-order valence-corrected chi connectivity index (χ2v) is 7.75. The second-order valence-electron chi connectivity index (χ2n) is 6.89. The number of anilines is 1. The highest BCUT2D eigenvalue weighted by Gasteiger charge is 2.26. The van der Waals surface area contributed by atoms with Crippen molar-refractivity contribution in [3.05, 3.63) is 28.2 Å². The van der Waals surface area contributed by atoms with E-state index in [1.807, 2.05) is 0 Å². The predicted molar refractivity (Wildman–Crippen MR) is 92.8 cm³/mol. The average Bonchev–Trinajstić information content (AvgIpc) is 2.33. The van der Waals surface area contributed by atoms with Crippen LogP contribution in [0.1, 0.15) is 45.6 Å². The Kier molecular flexibility index (Phi) is 5.69. The molecule has 118 valence electrons. The summed E-state index contributed by atoms with van der Waals surface area (Å²) in [4.78, 5) is 2.34. The Morgan fingerprint density at radius 1 is 1.33 bits per heavy atom. The van der Waals surface area contributed by atoms with Crippen LogP contribution < -0.4 is 10.2 Å². The standard InChI is InChI=1S/C17H27BrN2O/c1-17(2,3)19-12-13-7-8-16(15(18)11-13)20(9-10-21)14-5-4-6-14/h7-8,11,14,19,21H,4-6,9-10,12H2,1-3H3. The molecule has 1 aliphatic carbocycles. The van der Waals surface area contributed by atoms with Crippen LogP contribution in [-0.2, 0) is 6.54 Å². The minimum absolute atomic E-state index is 0.125. The molecule has 2 rings (SSSR count). The number of hydrogen-bond acceptors (Lipinski definition) is 3. The molecule has 1 aliphatic rings. The van der Waals surface area contributed by atoms with Crippen LogP contribution in [0.5, 0.6) is 0 Å². The van der Waals surface area contributed by atoms with Gasteiger partial charge in [0.25, 0.3) is 0 Å². The summed E-state index contributed by atoms with van der Waals surface area (Å²) in [6.07, 6.45) is 3.78. The topological polar surface area (TPSA) is 35.5 Å². The molecular formula is C17H27BrN2O. The molecule has 0 aromatic heterocycles. The van der Waals surface area contributed by atoms with Crippen LogP contribution in [0.2, 0.25) is 0 Å². The predicted octanol–water partition coefficient (Wildman–Crippen LogP) is 3.69. The molecule has 1 aromatic carbocycles. The number of nitrogens with zero attached hydrogens (tertiary/aromatic N) is 1. The van der Waals surface area contributed by atoms with E-state index in [1.165, 1.54) is 30.5 Å². The lowest BCUT2D eigenvalue weighted by molar-refractivity contribution is 0.283. The number of hydrogen-bond donors (Lipinski definition) is 2. The van der Waals surface area contributed by atoms with E-state index in [0.717, 1.165) is 11.0 Å². The number of benzene rings is 1. The van der Waals surface area contributed by atoms with Crippen molar-refractivity contribution in [2.24, 2.45) is 0 Å². The monoisotopic (exact) mass is 354 g/mol. The van der Waals surface area contributed by atoms with E-state index in [2.05, 4.69) is 65.1 Å². The van der Waals surface area contributed by atoms with Crippen molar-refractivity contribution in [2.75, 3.05) is 18.1 Å². The quantitative estimate of drug-likeness (QED) is 0.817. The molecule has 0 atom stereocenters. The molecule has 0 bridgehead atoms. The minimum Gasteiger partial charge on any atom is -0.395 e. The van der Waals surface area contributed by atoms with Crippen LogP contribution in [-0.4, -0.2) is 29.8 Å². The van der Waals surface area contributed by atoms with Crippen molar-refractivity contribution >= 4 is 21.6 Å². The number of aliphatic hydroxyl groups excluding tert-OH is 1. The number of aliphatic hydroxyl groups is 1. The lowest BCUT2D eigenvalue weighted by Crippen LogP contribution is -2.42. The fourth-order valence-corrected chi connectivity index (χ4v) is 3.22. The Morgan fingerprint density at radius 2 is 2.05 bits per heavy atom. The van der Waals surface area contributed by atoms with E-state index < -0.39 is 0 Å². The molecule has 1 aromatic rings. The van der Waals surface area contributed by atoms with E-state index in [-0.39, 0.29) is 12.1 Å². The Balaban J connectivity index is 2.09. The zero-order chi connectivity index (χ0) is 15.5. The summed E-state index contributed by atoms with van der Waals surface area (Å²) in [6.45, 7) is 8.31. The maximum atomic E-state index is 9.32. The van der Waals surface area contributed by atoms with Crippen LogP contribution in [0.15, 0.2) is 22.7 Å². The summed E-state index contributed by atoms with van der Waals surface area (Å²) in [7, 11) is 0. The molecule has 3 nitrogen and oxygen atoms in total. The summed E-state index contributed by atoms with van der Waals surface area (Å²) >= 11 is 3.71. The third-order valence-electron chi connectivity index (χ3n) is 4.00. The summed E-state index contributed by atoms with van der Waals surface area (Å²) < 4.78 is 1.12. The number of halogens is 1. The summed E-state index contributed by atoms with van der Waals surface area (Å²) in [5.74, 6) is 0. The van der Waals surface area contributed by atoms with E-state index >= 15 is 0 Å². The first-order valence-electron chi connectivity index (χ1n) is 7.81. The normalized spacial score (nSPS) is 15.9. The summed E-state index contributed by atoms with van der Waals surface area (Å²) in [5, 5.41) is 12.8. The highest BCUT2D eigenvalue weighted by atomic mass is 79.9. The average molecular weight is 355 g/mol. The van der Waals surface area contributed by atoms with Crippen LogP contribution in [0.3, 0.4) is 0 Å². The fraction of sp³-hybridized carbons (Fsp3) is 0.647. The third-order valence-corrected chi connectivity index (χ3v) is 4.64.